The highest BCUT2D eigenvalue weighted by molar-refractivity contribution is 5.89. The number of benzene rings is 1. The number of hydrogen-bond acceptors (Lipinski definition) is 4. The van der Waals surface area contributed by atoms with E-state index in [2.05, 4.69) is 0 Å². The third-order valence-corrected chi connectivity index (χ3v) is 3.51. The average Bonchev–Trinajstić information content (AvgIpc) is 2.51. The maximum absolute atomic E-state index is 13.0. The Hall–Kier alpha value is -2.02. The second-order valence-corrected chi connectivity index (χ2v) is 6.74. The Morgan fingerprint density at radius 1 is 1.20 bits per heavy atom. The molecule has 1 heterocycles. The Morgan fingerprint density at radius 2 is 1.84 bits per heavy atom. The molecule has 138 valence electrons. The van der Waals surface area contributed by atoms with Crippen LogP contribution in [0.4, 0.5) is 18.9 Å². The molecule has 4 nitrogen and oxygen atoms in total. The third-order valence-electron chi connectivity index (χ3n) is 3.51. The number of alkyl halides is 3. The van der Waals surface area contributed by atoms with E-state index in [4.69, 9.17) is 9.47 Å². The molecule has 0 bridgehead atoms. The van der Waals surface area contributed by atoms with Crippen LogP contribution in [-0.4, -0.2) is 37.9 Å². The fourth-order valence-electron chi connectivity index (χ4n) is 2.45. The van der Waals surface area contributed by atoms with Crippen LogP contribution in [0.5, 0.6) is 0 Å². The van der Waals surface area contributed by atoms with Gasteiger partial charge in [-0.15, -0.1) is 0 Å². The first-order valence-corrected chi connectivity index (χ1v) is 8.01. The van der Waals surface area contributed by atoms with Crippen molar-refractivity contribution in [3.8, 4) is 0 Å². The molecule has 0 aliphatic carbocycles. The zero-order chi connectivity index (χ0) is 18.7. The smallest absolute Gasteiger partial charge is 0.416 e. The second kappa shape index (κ2) is 7.47. The summed E-state index contributed by atoms with van der Waals surface area (Å²) in [7, 11) is 0. The van der Waals surface area contributed by atoms with Gasteiger partial charge in [0, 0.05) is 24.9 Å². The highest BCUT2D eigenvalue weighted by atomic mass is 19.4. The van der Waals surface area contributed by atoms with E-state index in [9.17, 15) is 18.0 Å². The zero-order valence-corrected chi connectivity index (χ0v) is 14.5. The van der Waals surface area contributed by atoms with Crippen LogP contribution in [0, 0.1) is 0 Å². The summed E-state index contributed by atoms with van der Waals surface area (Å²) in [4.78, 5) is 13.8. The number of carbonyl (C=O) groups excluding carboxylic acids is 1. The van der Waals surface area contributed by atoms with Crippen molar-refractivity contribution in [3.05, 3.63) is 35.4 Å². The van der Waals surface area contributed by atoms with E-state index in [1.54, 1.807) is 20.8 Å². The monoisotopic (exact) mass is 357 g/mol. The van der Waals surface area contributed by atoms with Crippen LogP contribution in [0.15, 0.2) is 24.3 Å². The van der Waals surface area contributed by atoms with E-state index in [0.29, 0.717) is 37.6 Å². The molecule has 1 aromatic rings. The predicted molar refractivity (Wildman–Crippen MR) is 89.4 cm³/mol. The number of esters is 1. The van der Waals surface area contributed by atoms with Gasteiger partial charge in [-0.2, -0.15) is 13.2 Å². The van der Waals surface area contributed by atoms with Crippen LogP contribution in [0.2, 0.25) is 0 Å². The minimum Gasteiger partial charge on any atom is -0.457 e. The van der Waals surface area contributed by atoms with Crippen LogP contribution < -0.4 is 4.90 Å². The summed E-state index contributed by atoms with van der Waals surface area (Å²) in [5.41, 5.74) is -0.463. The van der Waals surface area contributed by atoms with E-state index in [1.165, 1.54) is 12.1 Å². The van der Waals surface area contributed by atoms with Crippen molar-refractivity contribution in [2.75, 3.05) is 31.2 Å². The van der Waals surface area contributed by atoms with Crippen LogP contribution in [0.25, 0.3) is 6.08 Å². The first kappa shape index (κ1) is 19.3. The molecule has 0 amide bonds. The Labute approximate surface area is 145 Å². The molecule has 1 aliphatic heterocycles. The lowest BCUT2D eigenvalue weighted by atomic mass is 10.1. The van der Waals surface area contributed by atoms with Gasteiger partial charge in [0.15, 0.2) is 0 Å². The normalized spacial score (nSPS) is 16.3. The average molecular weight is 357 g/mol. The molecule has 0 aromatic heterocycles. The summed E-state index contributed by atoms with van der Waals surface area (Å²) >= 11 is 0. The standard InChI is InChI=1S/C18H22F3NO3/c1-17(2,3)25-16(23)7-4-13-12-14(18(19,20)21)5-6-15(13)22-8-10-24-11-9-22/h4-7,12H,8-11H2,1-3H3/b7-4+. The number of nitrogens with zero attached hydrogens (tertiary/aromatic N) is 1. The maximum atomic E-state index is 13.0. The quantitative estimate of drug-likeness (QED) is 0.608. The largest absolute Gasteiger partial charge is 0.457 e. The summed E-state index contributed by atoms with van der Waals surface area (Å²) in [6, 6.07) is 3.53. The number of hydrogen-bond donors (Lipinski definition) is 0. The summed E-state index contributed by atoms with van der Waals surface area (Å²) in [5, 5.41) is 0. The fourth-order valence-corrected chi connectivity index (χ4v) is 2.45. The summed E-state index contributed by atoms with van der Waals surface area (Å²) in [6.07, 6.45) is -1.92. The number of ether oxygens (including phenoxy) is 2. The Balaban J connectivity index is 2.32. The Bertz CT molecular complexity index is 642. The molecule has 7 heteroatoms. The van der Waals surface area contributed by atoms with Gasteiger partial charge < -0.3 is 14.4 Å². The molecule has 0 radical (unpaired) electrons. The van der Waals surface area contributed by atoms with Crippen molar-refractivity contribution in [1.29, 1.82) is 0 Å². The van der Waals surface area contributed by atoms with Gasteiger partial charge in [0.05, 0.1) is 18.8 Å². The number of rotatable bonds is 3. The number of morpholine rings is 1. The van der Waals surface area contributed by atoms with Crippen molar-refractivity contribution in [1.82, 2.24) is 0 Å². The predicted octanol–water partition coefficient (Wildman–Crippen LogP) is 3.90. The van der Waals surface area contributed by atoms with Gasteiger partial charge in [0.1, 0.15) is 5.60 Å². The minimum absolute atomic E-state index is 0.322. The van der Waals surface area contributed by atoms with Crippen molar-refractivity contribution in [2.45, 2.75) is 32.5 Å². The summed E-state index contributed by atoms with van der Waals surface area (Å²) < 4.78 is 49.5. The lowest BCUT2D eigenvalue weighted by Crippen LogP contribution is -2.36. The number of carbonyl (C=O) groups is 1. The molecule has 1 fully saturated rings. The molecule has 2 rings (SSSR count). The molecule has 0 unspecified atom stereocenters. The molecule has 0 spiro atoms. The van der Waals surface area contributed by atoms with E-state index in [0.717, 1.165) is 18.2 Å². The molecule has 0 atom stereocenters. The summed E-state index contributed by atoms with van der Waals surface area (Å²) in [5.74, 6) is -0.599. The Kier molecular flexibility index (Phi) is 5.77. The zero-order valence-electron chi connectivity index (χ0n) is 14.5. The maximum Gasteiger partial charge on any atom is 0.416 e. The second-order valence-electron chi connectivity index (χ2n) is 6.74. The SMILES string of the molecule is CC(C)(C)OC(=O)/C=C/c1cc(C(F)(F)F)ccc1N1CCOCC1. The van der Waals surface area contributed by atoms with Gasteiger partial charge in [0.25, 0.3) is 0 Å². The molecule has 1 aliphatic rings. The summed E-state index contributed by atoms with van der Waals surface area (Å²) in [6.45, 7) is 7.36. The molecule has 0 N–H and O–H groups in total. The number of anilines is 1. The van der Waals surface area contributed by atoms with Gasteiger partial charge in [-0.05, 0) is 50.6 Å². The van der Waals surface area contributed by atoms with Gasteiger partial charge in [0.2, 0.25) is 0 Å². The van der Waals surface area contributed by atoms with E-state index in [1.807, 2.05) is 4.90 Å². The van der Waals surface area contributed by atoms with Gasteiger partial charge in [-0.25, -0.2) is 4.79 Å². The molecule has 1 saturated heterocycles. The van der Waals surface area contributed by atoms with Crippen molar-refractivity contribution >= 4 is 17.7 Å². The van der Waals surface area contributed by atoms with Gasteiger partial charge in [-0.3, -0.25) is 0 Å². The Morgan fingerprint density at radius 3 is 2.40 bits per heavy atom. The lowest BCUT2D eigenvalue weighted by Gasteiger charge is -2.30. The molecule has 1 aromatic carbocycles. The molecule has 25 heavy (non-hydrogen) atoms. The first-order chi connectivity index (χ1) is 11.6. The van der Waals surface area contributed by atoms with Crippen LogP contribution in [-0.2, 0) is 20.4 Å². The van der Waals surface area contributed by atoms with Crippen LogP contribution >= 0.6 is 0 Å². The van der Waals surface area contributed by atoms with Crippen LogP contribution in [0.3, 0.4) is 0 Å². The van der Waals surface area contributed by atoms with Gasteiger partial charge >= 0.3 is 12.1 Å². The molecular formula is C18H22F3NO3. The molecule has 0 saturated carbocycles. The highest BCUT2D eigenvalue weighted by Gasteiger charge is 2.31. The first-order valence-electron chi connectivity index (χ1n) is 8.01. The van der Waals surface area contributed by atoms with Crippen molar-refractivity contribution < 1.29 is 27.4 Å². The van der Waals surface area contributed by atoms with Crippen LogP contribution in [0.1, 0.15) is 31.9 Å². The topological polar surface area (TPSA) is 38.8 Å². The van der Waals surface area contributed by atoms with E-state index in [-0.39, 0.29) is 0 Å². The van der Waals surface area contributed by atoms with E-state index >= 15 is 0 Å². The van der Waals surface area contributed by atoms with Crippen molar-refractivity contribution in [3.63, 3.8) is 0 Å². The minimum atomic E-state index is -4.45. The third kappa shape index (κ3) is 5.77. The van der Waals surface area contributed by atoms with E-state index < -0.39 is 23.3 Å². The molecular weight excluding hydrogens is 335 g/mol. The lowest BCUT2D eigenvalue weighted by molar-refractivity contribution is -0.148. The fraction of sp³-hybridized carbons (Fsp3) is 0.500. The van der Waals surface area contributed by atoms with Gasteiger partial charge in [-0.1, -0.05) is 0 Å². The highest BCUT2D eigenvalue weighted by Crippen LogP contribution is 2.33. The number of halogens is 3. The van der Waals surface area contributed by atoms with Crippen molar-refractivity contribution in [2.24, 2.45) is 0 Å².